The van der Waals surface area contributed by atoms with Gasteiger partial charge in [0.1, 0.15) is 0 Å². The molecule has 0 aliphatic carbocycles. The van der Waals surface area contributed by atoms with Crippen molar-refractivity contribution in [2.75, 3.05) is 0 Å². The molecule has 0 heterocycles. The number of halogens is 1. The van der Waals surface area contributed by atoms with E-state index in [9.17, 15) is 0 Å². The van der Waals surface area contributed by atoms with E-state index in [4.69, 9.17) is 11.6 Å². The fraction of sp³-hybridized carbons (Fsp3) is 0.500. The molecule has 0 radical (unpaired) electrons. The third-order valence-corrected chi connectivity index (χ3v) is 1.66. The minimum Gasteiger partial charge on any atom is -0.0844 e. The first-order chi connectivity index (χ1) is 4.22. The van der Waals surface area contributed by atoms with E-state index in [1.165, 1.54) is 5.57 Å². The molecule has 0 aromatic rings. The molecule has 0 nitrogen and oxygen atoms in total. The maximum absolute atomic E-state index is 5.79. The summed E-state index contributed by atoms with van der Waals surface area (Å²) in [7, 11) is 0. The second kappa shape index (κ2) is 4.63. The molecule has 9 heavy (non-hydrogen) atoms. The topological polar surface area (TPSA) is 0 Å². The molecule has 0 aliphatic rings. The van der Waals surface area contributed by atoms with Crippen LogP contribution in [0.4, 0.5) is 0 Å². The number of rotatable bonds is 2. The zero-order valence-electron chi connectivity index (χ0n) is 6.24. The van der Waals surface area contributed by atoms with Gasteiger partial charge in [0.15, 0.2) is 0 Å². The van der Waals surface area contributed by atoms with E-state index < -0.39 is 0 Å². The van der Waals surface area contributed by atoms with Crippen LogP contribution in [-0.4, -0.2) is 0 Å². The van der Waals surface area contributed by atoms with Crippen molar-refractivity contribution in [2.24, 2.45) is 0 Å². The highest BCUT2D eigenvalue weighted by Gasteiger charge is 1.89. The van der Waals surface area contributed by atoms with Gasteiger partial charge >= 0.3 is 0 Å². The largest absolute Gasteiger partial charge is 0.0844 e. The van der Waals surface area contributed by atoms with Gasteiger partial charge in [0.05, 0.1) is 0 Å². The van der Waals surface area contributed by atoms with Crippen LogP contribution >= 0.6 is 11.6 Å². The summed E-state index contributed by atoms with van der Waals surface area (Å²) < 4.78 is 0. The highest BCUT2D eigenvalue weighted by Crippen LogP contribution is 2.13. The average Bonchev–Trinajstić information content (AvgIpc) is 1.87. The van der Waals surface area contributed by atoms with Crippen LogP contribution in [0.5, 0.6) is 0 Å². The lowest BCUT2D eigenvalue weighted by Gasteiger charge is -1.94. The molecule has 0 N–H and O–H groups in total. The highest BCUT2D eigenvalue weighted by molar-refractivity contribution is 6.31. The molecular formula is C8H13Cl. The van der Waals surface area contributed by atoms with Crippen molar-refractivity contribution >= 4 is 11.6 Å². The molecular weight excluding hydrogens is 132 g/mol. The van der Waals surface area contributed by atoms with Crippen LogP contribution in [-0.2, 0) is 0 Å². The summed E-state index contributed by atoms with van der Waals surface area (Å²) in [5.41, 5.74) is 1.17. The van der Waals surface area contributed by atoms with E-state index in [0.29, 0.717) is 0 Å². The second-order valence-corrected chi connectivity index (χ2v) is 2.34. The molecule has 0 aromatic carbocycles. The van der Waals surface area contributed by atoms with Gasteiger partial charge in [0, 0.05) is 5.03 Å². The third-order valence-electron chi connectivity index (χ3n) is 1.14. The normalized spacial score (nSPS) is 14.2. The van der Waals surface area contributed by atoms with E-state index >= 15 is 0 Å². The number of allylic oxidation sites excluding steroid dienone is 4. The summed E-state index contributed by atoms with van der Waals surface area (Å²) in [6, 6.07) is 0. The zero-order chi connectivity index (χ0) is 7.28. The molecule has 1 heteroatoms. The van der Waals surface area contributed by atoms with Gasteiger partial charge in [-0.1, -0.05) is 30.7 Å². The molecule has 52 valence electrons. The minimum absolute atomic E-state index is 0.858. The summed E-state index contributed by atoms with van der Waals surface area (Å²) in [5, 5.41) is 0.858. The molecule has 0 aliphatic heterocycles. The van der Waals surface area contributed by atoms with Crippen molar-refractivity contribution in [3.63, 3.8) is 0 Å². The van der Waals surface area contributed by atoms with Crippen molar-refractivity contribution in [3.05, 3.63) is 22.8 Å². The third kappa shape index (κ3) is 3.36. The second-order valence-electron chi connectivity index (χ2n) is 1.93. The van der Waals surface area contributed by atoms with Crippen LogP contribution < -0.4 is 0 Å². The van der Waals surface area contributed by atoms with Crippen LogP contribution in [0.15, 0.2) is 22.8 Å². The number of hydrogen-bond acceptors (Lipinski definition) is 0. The molecule has 0 bridgehead atoms. The van der Waals surface area contributed by atoms with Gasteiger partial charge in [-0.15, -0.1) is 0 Å². The van der Waals surface area contributed by atoms with Gasteiger partial charge in [-0.05, 0) is 25.8 Å². The van der Waals surface area contributed by atoms with Crippen molar-refractivity contribution < 1.29 is 0 Å². The Balaban J connectivity index is 4.03. The Morgan fingerprint density at radius 2 is 2.11 bits per heavy atom. The average molecular weight is 145 g/mol. The maximum atomic E-state index is 5.79. The predicted molar refractivity (Wildman–Crippen MR) is 43.7 cm³/mol. The summed E-state index contributed by atoms with van der Waals surface area (Å²) in [6.45, 7) is 6.06. The minimum atomic E-state index is 0.858. The van der Waals surface area contributed by atoms with Crippen molar-refractivity contribution in [2.45, 2.75) is 27.2 Å². The Hall–Kier alpha value is -0.230. The van der Waals surface area contributed by atoms with Crippen LogP contribution in [0.2, 0.25) is 0 Å². The first-order valence-corrected chi connectivity index (χ1v) is 3.59. The molecule has 0 aromatic heterocycles. The fourth-order valence-electron chi connectivity index (χ4n) is 0.631. The lowest BCUT2D eigenvalue weighted by atomic mass is 10.2. The molecule has 0 fully saturated rings. The smallest absolute Gasteiger partial charge is 0.0389 e. The van der Waals surface area contributed by atoms with Gasteiger partial charge in [-0.2, -0.15) is 0 Å². The van der Waals surface area contributed by atoms with E-state index in [2.05, 4.69) is 13.0 Å². The first kappa shape index (κ1) is 8.77. The van der Waals surface area contributed by atoms with Crippen LogP contribution in [0.3, 0.4) is 0 Å². The summed E-state index contributed by atoms with van der Waals surface area (Å²) >= 11 is 5.79. The Labute approximate surface area is 62.2 Å². The Morgan fingerprint density at radius 1 is 1.56 bits per heavy atom. The quantitative estimate of drug-likeness (QED) is 0.521. The van der Waals surface area contributed by atoms with Crippen molar-refractivity contribution in [3.8, 4) is 0 Å². The SMILES string of the molecule is C/C=C(Cl)\C(C)=C/CC. The van der Waals surface area contributed by atoms with E-state index in [1.54, 1.807) is 0 Å². The monoisotopic (exact) mass is 144 g/mol. The zero-order valence-corrected chi connectivity index (χ0v) is 7.00. The van der Waals surface area contributed by atoms with Gasteiger partial charge in [-0.3, -0.25) is 0 Å². The fourth-order valence-corrected chi connectivity index (χ4v) is 0.709. The summed E-state index contributed by atoms with van der Waals surface area (Å²) in [4.78, 5) is 0. The van der Waals surface area contributed by atoms with Crippen LogP contribution in [0.25, 0.3) is 0 Å². The van der Waals surface area contributed by atoms with Gasteiger partial charge < -0.3 is 0 Å². The molecule has 0 rings (SSSR count). The van der Waals surface area contributed by atoms with E-state index in [1.807, 2.05) is 19.9 Å². The van der Waals surface area contributed by atoms with Crippen LogP contribution in [0, 0.1) is 0 Å². The van der Waals surface area contributed by atoms with Crippen molar-refractivity contribution in [1.82, 2.24) is 0 Å². The van der Waals surface area contributed by atoms with Gasteiger partial charge in [-0.25, -0.2) is 0 Å². The Bertz CT molecular complexity index is 132. The van der Waals surface area contributed by atoms with E-state index in [0.717, 1.165) is 11.5 Å². The standard InChI is InChI=1S/C8H13Cl/c1-4-6-7(3)8(9)5-2/h5-6H,4H2,1-3H3/b7-6-,8-5+. The van der Waals surface area contributed by atoms with Crippen molar-refractivity contribution in [1.29, 1.82) is 0 Å². The Kier molecular flexibility index (Phi) is 4.51. The molecule has 0 atom stereocenters. The van der Waals surface area contributed by atoms with Crippen LogP contribution in [0.1, 0.15) is 27.2 Å². The highest BCUT2D eigenvalue weighted by atomic mass is 35.5. The molecule has 0 saturated carbocycles. The Morgan fingerprint density at radius 3 is 2.44 bits per heavy atom. The molecule has 0 unspecified atom stereocenters. The molecule has 0 saturated heterocycles. The predicted octanol–water partition coefficient (Wildman–Crippen LogP) is 3.49. The molecule has 0 spiro atoms. The van der Waals surface area contributed by atoms with E-state index in [-0.39, 0.29) is 0 Å². The summed E-state index contributed by atoms with van der Waals surface area (Å²) in [5.74, 6) is 0. The first-order valence-electron chi connectivity index (χ1n) is 3.21. The van der Waals surface area contributed by atoms with Gasteiger partial charge in [0.25, 0.3) is 0 Å². The number of hydrogen-bond donors (Lipinski definition) is 0. The maximum Gasteiger partial charge on any atom is 0.0389 e. The summed E-state index contributed by atoms with van der Waals surface area (Å²) in [6.07, 6.45) is 5.07. The lowest BCUT2D eigenvalue weighted by Crippen LogP contribution is -1.73. The molecule has 0 amide bonds. The lowest BCUT2D eigenvalue weighted by molar-refractivity contribution is 1.19. The van der Waals surface area contributed by atoms with Gasteiger partial charge in [0.2, 0.25) is 0 Å².